The molecule has 0 saturated carbocycles. The van der Waals surface area contributed by atoms with E-state index in [2.05, 4.69) is 33.4 Å². The van der Waals surface area contributed by atoms with Crippen LogP contribution < -0.4 is 10.2 Å². The van der Waals surface area contributed by atoms with Crippen LogP contribution in [0.4, 0.5) is 0 Å². The zero-order valence-electron chi connectivity index (χ0n) is 12.6. The lowest BCUT2D eigenvalue weighted by molar-refractivity contribution is -0.123. The number of phenols is 1. The molecule has 6 heteroatoms. The van der Waals surface area contributed by atoms with E-state index in [0.717, 1.165) is 10.9 Å². The molecule has 0 aliphatic carbocycles. The second kappa shape index (κ2) is 8.33. The topological polar surface area (TPSA) is 70.9 Å². The Morgan fingerprint density at radius 2 is 2.04 bits per heavy atom. The maximum atomic E-state index is 11.7. The first-order chi connectivity index (χ1) is 11.1. The third-order valence-corrected chi connectivity index (χ3v) is 3.58. The van der Waals surface area contributed by atoms with Crippen molar-refractivity contribution < 1.29 is 14.6 Å². The van der Waals surface area contributed by atoms with Crippen molar-refractivity contribution in [2.24, 2.45) is 5.10 Å². The van der Waals surface area contributed by atoms with E-state index in [1.165, 1.54) is 17.8 Å². The average molecular weight is 377 g/mol. The van der Waals surface area contributed by atoms with E-state index < -0.39 is 0 Å². The van der Waals surface area contributed by atoms with E-state index in [1.807, 2.05) is 24.3 Å². The Kier molecular flexibility index (Phi) is 6.17. The Balaban J connectivity index is 1.82. The van der Waals surface area contributed by atoms with Crippen molar-refractivity contribution in [3.05, 3.63) is 58.1 Å². The molecule has 0 heterocycles. The van der Waals surface area contributed by atoms with E-state index in [9.17, 15) is 9.90 Å². The van der Waals surface area contributed by atoms with E-state index in [-0.39, 0.29) is 18.3 Å². The fourth-order valence-electron chi connectivity index (χ4n) is 1.81. The number of nitrogens with one attached hydrogen (secondary N) is 1. The van der Waals surface area contributed by atoms with Gasteiger partial charge in [0.05, 0.1) is 6.21 Å². The maximum Gasteiger partial charge on any atom is 0.277 e. The molecule has 0 fully saturated rings. The van der Waals surface area contributed by atoms with Gasteiger partial charge in [-0.05, 0) is 42.3 Å². The highest BCUT2D eigenvalue weighted by Gasteiger charge is 2.02. The molecule has 0 spiro atoms. The van der Waals surface area contributed by atoms with Crippen LogP contribution >= 0.6 is 15.9 Å². The van der Waals surface area contributed by atoms with Gasteiger partial charge in [-0.25, -0.2) is 5.43 Å². The van der Waals surface area contributed by atoms with Crippen molar-refractivity contribution in [3.8, 4) is 11.5 Å². The van der Waals surface area contributed by atoms with Crippen molar-refractivity contribution in [1.29, 1.82) is 0 Å². The number of aryl methyl sites for hydroxylation is 1. The molecular weight excluding hydrogens is 360 g/mol. The summed E-state index contributed by atoms with van der Waals surface area (Å²) in [5.41, 5.74) is 4.05. The van der Waals surface area contributed by atoms with Crippen LogP contribution in [0.2, 0.25) is 0 Å². The molecule has 120 valence electrons. The molecule has 0 aliphatic heterocycles. The summed E-state index contributed by atoms with van der Waals surface area (Å²) in [7, 11) is 0. The SMILES string of the molecule is CCc1ccc(OCC(=O)N/N=C/c2cc(Br)ccc2O)cc1. The molecule has 0 atom stereocenters. The summed E-state index contributed by atoms with van der Waals surface area (Å²) < 4.78 is 6.18. The predicted molar refractivity (Wildman–Crippen MR) is 92.9 cm³/mol. The number of rotatable bonds is 6. The molecule has 2 aromatic rings. The quantitative estimate of drug-likeness (QED) is 0.600. The van der Waals surface area contributed by atoms with Gasteiger partial charge in [0.15, 0.2) is 6.61 Å². The second-order valence-electron chi connectivity index (χ2n) is 4.78. The highest BCUT2D eigenvalue weighted by Crippen LogP contribution is 2.19. The Morgan fingerprint density at radius 3 is 2.74 bits per heavy atom. The third kappa shape index (κ3) is 5.41. The molecule has 0 saturated heterocycles. The molecule has 0 bridgehead atoms. The van der Waals surface area contributed by atoms with Crippen LogP contribution in [0.3, 0.4) is 0 Å². The number of benzene rings is 2. The lowest BCUT2D eigenvalue weighted by atomic mass is 10.2. The van der Waals surface area contributed by atoms with Gasteiger partial charge in [-0.15, -0.1) is 0 Å². The number of nitrogens with zero attached hydrogens (tertiary/aromatic N) is 1. The maximum absolute atomic E-state index is 11.7. The van der Waals surface area contributed by atoms with Crippen molar-refractivity contribution in [2.75, 3.05) is 6.61 Å². The molecule has 5 nitrogen and oxygen atoms in total. The fraction of sp³-hybridized carbons (Fsp3) is 0.176. The zero-order chi connectivity index (χ0) is 16.7. The average Bonchev–Trinajstić information content (AvgIpc) is 2.56. The van der Waals surface area contributed by atoms with Gasteiger partial charge < -0.3 is 9.84 Å². The minimum Gasteiger partial charge on any atom is -0.507 e. The van der Waals surface area contributed by atoms with Gasteiger partial charge in [0, 0.05) is 10.0 Å². The Labute approximate surface area is 143 Å². The first-order valence-electron chi connectivity index (χ1n) is 7.10. The van der Waals surface area contributed by atoms with Gasteiger partial charge >= 0.3 is 0 Å². The zero-order valence-corrected chi connectivity index (χ0v) is 14.2. The standard InChI is InChI=1S/C17H17BrN2O3/c1-2-12-3-6-15(7-4-12)23-11-17(22)20-19-10-13-9-14(18)5-8-16(13)21/h3-10,21H,2,11H2,1H3,(H,20,22)/b19-10+. The summed E-state index contributed by atoms with van der Waals surface area (Å²) in [6.07, 6.45) is 2.33. The van der Waals surface area contributed by atoms with Crippen LogP contribution in [0.15, 0.2) is 52.0 Å². The second-order valence-corrected chi connectivity index (χ2v) is 5.70. The van der Waals surface area contributed by atoms with Crippen molar-refractivity contribution in [1.82, 2.24) is 5.43 Å². The summed E-state index contributed by atoms with van der Waals surface area (Å²) in [5, 5.41) is 13.4. The summed E-state index contributed by atoms with van der Waals surface area (Å²) >= 11 is 3.30. The van der Waals surface area contributed by atoms with E-state index in [0.29, 0.717) is 11.3 Å². The Bertz CT molecular complexity index is 699. The lowest BCUT2D eigenvalue weighted by Gasteiger charge is -2.05. The molecule has 2 N–H and O–H groups in total. The number of hydrazone groups is 1. The molecule has 1 amide bonds. The molecule has 0 aromatic heterocycles. The minimum absolute atomic E-state index is 0.0819. The first-order valence-corrected chi connectivity index (χ1v) is 7.90. The van der Waals surface area contributed by atoms with Crippen LogP contribution in [0.25, 0.3) is 0 Å². The van der Waals surface area contributed by atoms with Crippen LogP contribution in [0.1, 0.15) is 18.1 Å². The van der Waals surface area contributed by atoms with Crippen LogP contribution in [-0.4, -0.2) is 23.8 Å². The fourth-order valence-corrected chi connectivity index (χ4v) is 2.18. The molecule has 2 rings (SSSR count). The number of ether oxygens (including phenoxy) is 1. The largest absolute Gasteiger partial charge is 0.507 e. The van der Waals surface area contributed by atoms with E-state index in [1.54, 1.807) is 12.1 Å². The number of amides is 1. The van der Waals surface area contributed by atoms with Crippen molar-refractivity contribution in [2.45, 2.75) is 13.3 Å². The summed E-state index contributed by atoms with van der Waals surface area (Å²) in [5.74, 6) is 0.333. The van der Waals surface area contributed by atoms with Crippen molar-refractivity contribution >= 4 is 28.1 Å². The Morgan fingerprint density at radius 1 is 1.30 bits per heavy atom. The molecule has 0 unspecified atom stereocenters. The number of halogens is 1. The number of aromatic hydroxyl groups is 1. The van der Waals surface area contributed by atoms with Gasteiger partial charge in [-0.1, -0.05) is 35.0 Å². The van der Waals surface area contributed by atoms with Crippen molar-refractivity contribution in [3.63, 3.8) is 0 Å². The number of phenolic OH excluding ortho intramolecular Hbond substituents is 1. The number of hydrogen-bond acceptors (Lipinski definition) is 4. The third-order valence-electron chi connectivity index (χ3n) is 3.08. The molecule has 2 aromatic carbocycles. The molecule has 23 heavy (non-hydrogen) atoms. The summed E-state index contributed by atoms with van der Waals surface area (Å²) in [4.78, 5) is 11.7. The first kappa shape index (κ1) is 17.0. The number of carbonyl (C=O) groups excluding carboxylic acids is 1. The van der Waals surface area contributed by atoms with E-state index >= 15 is 0 Å². The van der Waals surface area contributed by atoms with Crippen LogP contribution in [0, 0.1) is 0 Å². The number of carbonyl (C=O) groups is 1. The van der Waals surface area contributed by atoms with Gasteiger partial charge in [0.2, 0.25) is 0 Å². The number of hydrogen-bond donors (Lipinski definition) is 2. The van der Waals surface area contributed by atoms with Gasteiger partial charge in [0.1, 0.15) is 11.5 Å². The highest BCUT2D eigenvalue weighted by atomic mass is 79.9. The molecule has 0 radical (unpaired) electrons. The minimum atomic E-state index is -0.379. The van der Waals surface area contributed by atoms with Gasteiger partial charge in [0.25, 0.3) is 5.91 Å². The molecule has 0 aliphatic rings. The van der Waals surface area contributed by atoms with Crippen LogP contribution in [0.5, 0.6) is 11.5 Å². The van der Waals surface area contributed by atoms with E-state index in [4.69, 9.17) is 4.74 Å². The smallest absolute Gasteiger partial charge is 0.277 e. The highest BCUT2D eigenvalue weighted by molar-refractivity contribution is 9.10. The normalized spacial score (nSPS) is 10.7. The lowest BCUT2D eigenvalue weighted by Crippen LogP contribution is -2.24. The molecular formula is C17H17BrN2O3. The van der Waals surface area contributed by atoms with Gasteiger partial charge in [-0.3, -0.25) is 4.79 Å². The van der Waals surface area contributed by atoms with Crippen LogP contribution in [-0.2, 0) is 11.2 Å². The Hall–Kier alpha value is -2.34. The summed E-state index contributed by atoms with van der Waals surface area (Å²) in [6.45, 7) is 1.94. The van der Waals surface area contributed by atoms with Gasteiger partial charge in [-0.2, -0.15) is 5.10 Å². The summed E-state index contributed by atoms with van der Waals surface area (Å²) in [6, 6.07) is 12.5. The predicted octanol–water partition coefficient (Wildman–Crippen LogP) is 3.25. The monoisotopic (exact) mass is 376 g/mol.